The van der Waals surface area contributed by atoms with Gasteiger partial charge in [0.2, 0.25) is 11.8 Å². The smallest absolute Gasteiger partial charge is 0.245 e. The first kappa shape index (κ1) is 21.9. The van der Waals surface area contributed by atoms with Gasteiger partial charge in [-0.2, -0.15) is 0 Å². The second kappa shape index (κ2) is 11.4. The third-order valence-corrected chi connectivity index (χ3v) is 4.72. The van der Waals surface area contributed by atoms with Gasteiger partial charge in [-0.05, 0) is 37.0 Å². The van der Waals surface area contributed by atoms with Crippen LogP contribution in [0.25, 0.3) is 0 Å². The molecule has 6 nitrogen and oxygen atoms in total. The van der Waals surface area contributed by atoms with Gasteiger partial charge >= 0.3 is 0 Å². The highest BCUT2D eigenvalue weighted by Gasteiger charge is 2.27. The third kappa shape index (κ3) is 6.64. The Morgan fingerprint density at radius 1 is 1.36 bits per heavy atom. The zero-order valence-electron chi connectivity index (χ0n) is 16.4. The fourth-order valence-corrected chi connectivity index (χ4v) is 3.18. The number of nitrogens with zero attached hydrogens (tertiary/aromatic N) is 1. The van der Waals surface area contributed by atoms with Crippen LogP contribution >= 0.6 is 0 Å². The van der Waals surface area contributed by atoms with E-state index in [1.54, 1.807) is 11.0 Å². The second-order valence-corrected chi connectivity index (χ2v) is 6.68. The fraction of sp³-hybridized carbons (Fsp3) is 0.524. The van der Waals surface area contributed by atoms with Gasteiger partial charge in [-0.25, -0.2) is 4.39 Å². The average Bonchev–Trinajstić information content (AvgIpc) is 2.72. The van der Waals surface area contributed by atoms with Gasteiger partial charge in [-0.1, -0.05) is 19.6 Å². The maximum Gasteiger partial charge on any atom is 0.245 e. The first-order chi connectivity index (χ1) is 13.5. The molecule has 1 aromatic carbocycles. The van der Waals surface area contributed by atoms with Gasteiger partial charge in [0.25, 0.3) is 0 Å². The van der Waals surface area contributed by atoms with Crippen molar-refractivity contribution in [1.82, 2.24) is 10.2 Å². The number of ether oxygens (including phenoxy) is 2. The molecule has 0 aliphatic carbocycles. The van der Waals surface area contributed by atoms with Crippen LogP contribution in [0.4, 0.5) is 4.39 Å². The molecule has 0 radical (unpaired) electrons. The normalized spacial score (nSPS) is 16.5. The molecule has 2 rings (SSSR count). The van der Waals surface area contributed by atoms with Crippen LogP contribution in [-0.4, -0.2) is 56.2 Å². The van der Waals surface area contributed by atoms with Crippen LogP contribution in [0.5, 0.6) is 5.75 Å². The summed E-state index contributed by atoms with van der Waals surface area (Å²) in [5.74, 6) is -0.178. The summed E-state index contributed by atoms with van der Waals surface area (Å²) in [6.07, 6.45) is 3.63. The molecule has 1 atom stereocenters. The Kier molecular flexibility index (Phi) is 8.94. The molecule has 1 heterocycles. The lowest BCUT2D eigenvalue weighted by molar-refractivity contribution is -0.132. The van der Waals surface area contributed by atoms with Gasteiger partial charge in [0.05, 0.1) is 19.1 Å². The van der Waals surface area contributed by atoms with Crippen LogP contribution in [0.1, 0.15) is 25.3 Å². The van der Waals surface area contributed by atoms with Crippen molar-refractivity contribution < 1.29 is 23.5 Å². The maximum absolute atomic E-state index is 13.3. The number of rotatable bonds is 10. The van der Waals surface area contributed by atoms with Crippen molar-refractivity contribution in [2.75, 3.05) is 39.5 Å². The number of piperidine rings is 1. The number of hydrogen-bond acceptors (Lipinski definition) is 4. The molecule has 28 heavy (non-hydrogen) atoms. The Hall–Kier alpha value is -2.41. The van der Waals surface area contributed by atoms with Crippen molar-refractivity contribution in [1.29, 1.82) is 0 Å². The van der Waals surface area contributed by atoms with Crippen molar-refractivity contribution in [3.05, 3.63) is 42.2 Å². The molecule has 2 amide bonds. The van der Waals surface area contributed by atoms with Crippen LogP contribution < -0.4 is 10.1 Å². The van der Waals surface area contributed by atoms with Crippen LogP contribution in [0.3, 0.4) is 0 Å². The molecule has 0 spiro atoms. The number of carbonyl (C=O) groups excluding carboxylic acids is 2. The van der Waals surface area contributed by atoms with Crippen LogP contribution in [-0.2, 0) is 20.7 Å². The molecular weight excluding hydrogens is 363 g/mol. The molecule has 1 unspecified atom stereocenters. The number of hydrogen-bond donors (Lipinski definition) is 1. The zero-order valence-corrected chi connectivity index (χ0v) is 16.4. The van der Waals surface area contributed by atoms with Gasteiger partial charge in [0.15, 0.2) is 0 Å². The maximum atomic E-state index is 13.3. The summed E-state index contributed by atoms with van der Waals surface area (Å²) >= 11 is 0. The van der Waals surface area contributed by atoms with Gasteiger partial charge in [-0.3, -0.25) is 9.59 Å². The van der Waals surface area contributed by atoms with E-state index < -0.39 is 0 Å². The highest BCUT2D eigenvalue weighted by molar-refractivity contribution is 5.88. The predicted molar refractivity (Wildman–Crippen MR) is 105 cm³/mol. The summed E-state index contributed by atoms with van der Waals surface area (Å²) < 4.78 is 24.3. The molecule has 154 valence electrons. The molecule has 1 saturated heterocycles. The van der Waals surface area contributed by atoms with E-state index in [-0.39, 0.29) is 23.5 Å². The molecule has 1 N–H and O–H groups in total. The van der Waals surface area contributed by atoms with Crippen molar-refractivity contribution in [2.24, 2.45) is 5.92 Å². The Bertz CT molecular complexity index is 680. The van der Waals surface area contributed by atoms with E-state index in [1.807, 2.05) is 6.92 Å². The summed E-state index contributed by atoms with van der Waals surface area (Å²) in [6.45, 7) is 7.98. The first-order valence-electron chi connectivity index (χ1n) is 9.73. The molecule has 1 aromatic rings. The fourth-order valence-electron chi connectivity index (χ4n) is 3.18. The van der Waals surface area contributed by atoms with Gasteiger partial charge in [-0.15, -0.1) is 0 Å². The van der Waals surface area contributed by atoms with Crippen molar-refractivity contribution in [2.45, 2.75) is 26.2 Å². The Morgan fingerprint density at radius 2 is 2.18 bits per heavy atom. The molecule has 0 saturated carbocycles. The van der Waals surface area contributed by atoms with Gasteiger partial charge < -0.3 is 19.7 Å². The second-order valence-electron chi connectivity index (χ2n) is 6.68. The largest absolute Gasteiger partial charge is 0.491 e. The van der Waals surface area contributed by atoms with Gasteiger partial charge in [0, 0.05) is 25.7 Å². The number of benzene rings is 1. The van der Waals surface area contributed by atoms with E-state index in [2.05, 4.69) is 11.9 Å². The Labute approximate surface area is 165 Å². The lowest BCUT2D eigenvalue weighted by Crippen LogP contribution is -2.45. The summed E-state index contributed by atoms with van der Waals surface area (Å²) in [4.78, 5) is 25.6. The minimum Gasteiger partial charge on any atom is -0.491 e. The van der Waals surface area contributed by atoms with Crippen molar-refractivity contribution in [3.8, 4) is 5.75 Å². The number of carbonyl (C=O) groups is 2. The lowest BCUT2D eigenvalue weighted by Gasteiger charge is -2.31. The highest BCUT2D eigenvalue weighted by Crippen LogP contribution is 2.20. The number of amides is 2. The lowest BCUT2D eigenvalue weighted by atomic mass is 9.97. The summed E-state index contributed by atoms with van der Waals surface area (Å²) in [5, 5.41) is 2.85. The molecule has 1 fully saturated rings. The topological polar surface area (TPSA) is 67.9 Å². The number of likely N-dealkylation sites (tertiary alicyclic amines) is 1. The first-order valence-corrected chi connectivity index (χ1v) is 9.73. The van der Waals surface area contributed by atoms with E-state index in [1.165, 1.54) is 18.2 Å². The van der Waals surface area contributed by atoms with Crippen molar-refractivity contribution >= 4 is 11.8 Å². The number of aryl methyl sites for hydroxylation is 1. The minimum absolute atomic E-state index is 0.0613. The average molecular weight is 392 g/mol. The van der Waals surface area contributed by atoms with Crippen molar-refractivity contribution in [3.63, 3.8) is 0 Å². The monoisotopic (exact) mass is 392 g/mol. The van der Waals surface area contributed by atoms with E-state index >= 15 is 0 Å². The molecule has 7 heteroatoms. The van der Waals surface area contributed by atoms with Crippen LogP contribution in [0.15, 0.2) is 30.9 Å². The van der Waals surface area contributed by atoms with E-state index in [4.69, 9.17) is 9.47 Å². The highest BCUT2D eigenvalue weighted by atomic mass is 19.1. The quantitative estimate of drug-likeness (QED) is 0.490. The Morgan fingerprint density at radius 3 is 2.93 bits per heavy atom. The van der Waals surface area contributed by atoms with Crippen LogP contribution in [0, 0.1) is 11.7 Å². The molecular formula is C21H29FN2O4. The predicted octanol–water partition coefficient (Wildman–Crippen LogP) is 2.32. The minimum atomic E-state index is -0.327. The SMILES string of the molecule is C=CC(=O)N1CCCC(C(=O)NCCOCCOc2cc(F)ccc2CC)C1. The summed E-state index contributed by atoms with van der Waals surface area (Å²) in [5.41, 5.74) is 0.949. The number of halogens is 1. The summed E-state index contributed by atoms with van der Waals surface area (Å²) in [7, 11) is 0. The molecule has 0 bridgehead atoms. The number of nitrogens with one attached hydrogen (secondary N) is 1. The van der Waals surface area contributed by atoms with Crippen LogP contribution in [0.2, 0.25) is 0 Å². The molecule has 1 aliphatic heterocycles. The molecule has 0 aromatic heterocycles. The van der Waals surface area contributed by atoms with Gasteiger partial charge in [0.1, 0.15) is 18.2 Å². The third-order valence-electron chi connectivity index (χ3n) is 4.72. The van der Waals surface area contributed by atoms with E-state index in [0.717, 1.165) is 24.8 Å². The Balaban J connectivity index is 1.60. The summed E-state index contributed by atoms with van der Waals surface area (Å²) in [6, 6.07) is 4.52. The standard InChI is InChI=1S/C21H29FN2O4/c1-3-16-7-8-18(22)14-19(16)28-13-12-27-11-9-23-21(26)17-6-5-10-24(15-17)20(25)4-2/h4,7-8,14,17H,2-3,5-6,9-13,15H2,1H3,(H,23,26). The van der Waals surface area contributed by atoms with E-state index in [9.17, 15) is 14.0 Å². The molecule has 1 aliphatic rings. The zero-order chi connectivity index (χ0) is 20.4. The van der Waals surface area contributed by atoms with E-state index in [0.29, 0.717) is 45.2 Å².